The lowest BCUT2D eigenvalue weighted by molar-refractivity contribution is 0.104. The predicted octanol–water partition coefficient (Wildman–Crippen LogP) is 13.4. The van der Waals surface area contributed by atoms with Crippen LogP contribution in [0.15, 0.2) is 60.7 Å². The largest absolute Gasteiger partial charge is 0.507 e. The first kappa shape index (κ1) is 53.5. The van der Waals surface area contributed by atoms with Crippen molar-refractivity contribution in [3.63, 3.8) is 0 Å². The zero-order valence-corrected chi connectivity index (χ0v) is 47.1. The minimum Gasteiger partial charge on any atom is -0.507 e. The number of hydrogen-bond acceptors (Lipinski definition) is 12. The Morgan fingerprint density at radius 1 is 0.470 bits per heavy atom. The molecule has 0 saturated heterocycles. The highest BCUT2D eigenvalue weighted by atomic mass is 31.2. The van der Waals surface area contributed by atoms with E-state index in [1.54, 1.807) is 24.3 Å². The maximum Gasteiger partial charge on any atom is 0.382 e. The van der Waals surface area contributed by atoms with Crippen LogP contribution in [0, 0.1) is 0 Å². The molecule has 360 valence electrons. The first-order chi connectivity index (χ1) is 30.4. The Bertz CT molecular complexity index is 2250. The molecule has 2 N–H and O–H groups in total. The van der Waals surface area contributed by atoms with Gasteiger partial charge in [-0.05, 0) is 160 Å². The van der Waals surface area contributed by atoms with Crippen LogP contribution in [0.4, 0.5) is 0 Å². The van der Waals surface area contributed by atoms with E-state index < -0.39 is 59.5 Å². The Balaban J connectivity index is 1.83. The lowest BCUT2D eigenvalue weighted by Crippen LogP contribution is -2.32. The molecule has 0 saturated carbocycles. The van der Waals surface area contributed by atoms with Crippen LogP contribution >= 0.6 is 15.2 Å². The summed E-state index contributed by atoms with van der Waals surface area (Å²) in [5.74, 6) is 0.931. The summed E-state index contributed by atoms with van der Waals surface area (Å²) in [6.45, 7) is 27.0. The zero-order valence-electron chi connectivity index (χ0n) is 41.3. The van der Waals surface area contributed by atoms with Gasteiger partial charge in [0.2, 0.25) is 0 Å². The van der Waals surface area contributed by atoms with E-state index >= 15 is 0 Å². The summed E-state index contributed by atoms with van der Waals surface area (Å²) in [6, 6.07) is 17.5. The van der Waals surface area contributed by atoms with E-state index in [1.807, 2.05) is 129 Å². The second-order valence-electron chi connectivity index (χ2n) is 20.9. The minimum absolute atomic E-state index is 0.0408. The number of para-hydroxylation sites is 2. The molecule has 0 unspecified atom stereocenters. The van der Waals surface area contributed by atoms with Crippen LogP contribution in [-0.2, 0) is 51.7 Å². The minimum atomic E-state index is -4.37. The van der Waals surface area contributed by atoms with Crippen LogP contribution in [0.25, 0.3) is 0 Å². The number of fused-ring (bicyclic) bond motifs is 8. The molecule has 0 amide bonds. The Morgan fingerprint density at radius 3 is 0.924 bits per heavy atom. The SMILES string of the molecule is CCCOc1c2cccc1Cc1cc(C(=O)P(=O)(O[Si](C)(C)C)O[Si](C)(C)C)cc(c1O)Cc1cccc(c1OCCC)Cc1cc(C(=O)P(=O)(O[Si](C)(C)C)O[Si](C)(C)C)cc(c1O)C2. The monoisotopic (exact) mass is 1010 g/mol. The Morgan fingerprint density at radius 2 is 0.712 bits per heavy atom. The molecule has 66 heavy (non-hydrogen) atoms. The van der Waals surface area contributed by atoms with Gasteiger partial charge < -0.3 is 36.5 Å². The second kappa shape index (κ2) is 20.7. The lowest BCUT2D eigenvalue weighted by atomic mass is 9.90. The van der Waals surface area contributed by atoms with Crippen molar-refractivity contribution in [3.8, 4) is 23.0 Å². The van der Waals surface area contributed by atoms with Gasteiger partial charge in [-0.15, -0.1) is 0 Å². The highest BCUT2D eigenvalue weighted by Gasteiger charge is 2.45. The summed E-state index contributed by atoms with van der Waals surface area (Å²) >= 11 is 0. The third-order valence-corrected chi connectivity index (χ3v) is 24.0. The normalized spacial score (nSPS) is 13.9. The van der Waals surface area contributed by atoms with Gasteiger partial charge in [-0.2, -0.15) is 0 Å². The van der Waals surface area contributed by atoms with Crippen molar-refractivity contribution in [2.75, 3.05) is 13.2 Å². The molecule has 12 nitrogen and oxygen atoms in total. The quantitative estimate of drug-likeness (QED) is 0.0631. The number of ether oxygens (including phenoxy) is 2. The summed E-state index contributed by atoms with van der Waals surface area (Å²) in [7, 11) is -19.1. The van der Waals surface area contributed by atoms with Crippen LogP contribution in [0.3, 0.4) is 0 Å². The maximum absolute atomic E-state index is 14.8. The molecule has 0 spiro atoms. The average Bonchev–Trinajstić information content (AvgIpc) is 3.16. The van der Waals surface area contributed by atoms with E-state index in [0.29, 0.717) is 82.1 Å². The molecule has 8 bridgehead atoms. The number of hydrogen-bond donors (Lipinski definition) is 2. The third-order valence-electron chi connectivity index (χ3n) is 9.88. The van der Waals surface area contributed by atoms with Gasteiger partial charge in [0.15, 0.2) is 33.3 Å². The van der Waals surface area contributed by atoms with Crippen molar-refractivity contribution >= 4 is 59.5 Å². The van der Waals surface area contributed by atoms with Crippen molar-refractivity contribution in [2.24, 2.45) is 0 Å². The van der Waals surface area contributed by atoms with Crippen LogP contribution in [0.5, 0.6) is 23.0 Å². The van der Waals surface area contributed by atoms with Gasteiger partial charge in [-0.25, -0.2) is 0 Å². The van der Waals surface area contributed by atoms with E-state index in [1.165, 1.54) is 0 Å². The molecular weight excluding hydrogens is 943 g/mol. The number of carbonyl (C=O) groups is 2. The van der Waals surface area contributed by atoms with Crippen LogP contribution in [0.1, 0.15) is 91.9 Å². The molecule has 4 aromatic rings. The first-order valence-corrected chi connectivity index (χ1v) is 39.5. The number of benzene rings is 4. The van der Waals surface area contributed by atoms with Gasteiger partial charge in [-0.1, -0.05) is 50.2 Å². The van der Waals surface area contributed by atoms with Crippen molar-refractivity contribution in [1.29, 1.82) is 0 Å². The Labute approximate surface area is 396 Å². The van der Waals surface area contributed by atoms with Crippen LogP contribution < -0.4 is 9.47 Å². The second-order valence-corrected chi connectivity index (χ2v) is 43.5. The predicted molar refractivity (Wildman–Crippen MR) is 273 cm³/mol. The summed E-state index contributed by atoms with van der Waals surface area (Å²) in [6.07, 6.45) is 1.75. The molecule has 1 aliphatic rings. The number of aromatic hydroxyl groups is 2. The summed E-state index contributed by atoms with van der Waals surface area (Å²) in [5, 5.41) is 24.5. The molecule has 0 aliphatic heterocycles. The van der Waals surface area contributed by atoms with E-state index in [2.05, 4.69) is 0 Å². The first-order valence-electron chi connectivity index (χ1n) is 22.7. The number of carbonyl (C=O) groups excluding carboxylic acids is 2. The van der Waals surface area contributed by atoms with Gasteiger partial charge in [0.25, 0.3) is 11.0 Å². The van der Waals surface area contributed by atoms with Gasteiger partial charge >= 0.3 is 15.2 Å². The number of phenols is 2. The highest BCUT2D eigenvalue weighted by molar-refractivity contribution is 7.75. The molecule has 1 aliphatic carbocycles. The number of rotatable bonds is 18. The van der Waals surface area contributed by atoms with Crippen molar-refractivity contribution in [3.05, 3.63) is 116 Å². The fourth-order valence-electron chi connectivity index (χ4n) is 7.70. The molecule has 0 fully saturated rings. The lowest BCUT2D eigenvalue weighted by Gasteiger charge is -2.30. The number of phenolic OH excluding ortho intramolecular Hbond substituents is 2. The van der Waals surface area contributed by atoms with E-state index in [9.17, 15) is 28.9 Å². The standard InChI is InChI=1S/C48H70O12P2Si4/c1-15-23-55-45-33-19-17-20-34(45)26-38-30-42(48(52)62(54,59-65(9,10)11)60-66(12,13)14)32-40(44(38)50)28-36-22-18-21-35(46(36)56-24-16-2)27-39-31-41(29-37(25-33)43(39)49)47(51)61(53,57-63(3,4)5)58-64(6,7)8/h17-22,29-32,49-50H,15-16,23-28H2,1-14H3. The van der Waals surface area contributed by atoms with Crippen molar-refractivity contribution in [1.82, 2.24) is 0 Å². The zero-order chi connectivity index (χ0) is 49.2. The van der Waals surface area contributed by atoms with Gasteiger partial charge in [0.1, 0.15) is 23.0 Å². The maximum atomic E-state index is 14.8. The van der Waals surface area contributed by atoms with E-state index in [4.69, 9.17) is 26.3 Å². The molecular formula is C48H70O12P2Si4. The summed E-state index contributed by atoms with van der Waals surface area (Å²) in [4.78, 5) is 29.5. The Kier molecular flexibility index (Phi) is 16.8. The van der Waals surface area contributed by atoms with E-state index in [0.717, 1.165) is 0 Å². The van der Waals surface area contributed by atoms with Crippen molar-refractivity contribution in [2.45, 2.75) is 131 Å². The van der Waals surface area contributed by atoms with Crippen molar-refractivity contribution < 1.29 is 55.3 Å². The fourth-order valence-corrected chi connectivity index (χ4v) is 22.4. The van der Waals surface area contributed by atoms with Gasteiger partial charge in [-0.3, -0.25) is 18.7 Å². The molecule has 4 aromatic carbocycles. The molecule has 0 radical (unpaired) electrons. The van der Waals surface area contributed by atoms with Gasteiger partial charge in [0.05, 0.1) is 13.2 Å². The smallest absolute Gasteiger partial charge is 0.382 e. The molecule has 0 aromatic heterocycles. The Hall–Kier alpha value is -3.41. The van der Waals surface area contributed by atoms with E-state index in [-0.39, 0.29) is 48.3 Å². The molecule has 5 rings (SSSR count). The fraction of sp³-hybridized carbons (Fsp3) is 0.458. The molecule has 0 heterocycles. The van der Waals surface area contributed by atoms with Gasteiger partial charge in [0, 0.05) is 36.8 Å². The highest BCUT2D eigenvalue weighted by Crippen LogP contribution is 2.57. The topological polar surface area (TPSA) is 164 Å². The average molecular weight is 1010 g/mol. The summed E-state index contributed by atoms with van der Waals surface area (Å²) < 4.78 is 67.2. The molecule has 0 atom stereocenters. The summed E-state index contributed by atoms with van der Waals surface area (Å²) in [5.41, 5.74) is 2.89. The van der Waals surface area contributed by atoms with Crippen LogP contribution in [-0.4, -0.2) is 67.7 Å². The molecule has 18 heteroatoms. The third kappa shape index (κ3) is 13.9. The van der Waals surface area contributed by atoms with Crippen LogP contribution in [0.2, 0.25) is 78.6 Å².